The molecule has 0 radical (unpaired) electrons. The van der Waals surface area contributed by atoms with Crippen LogP contribution in [0, 0.1) is 6.92 Å². The van der Waals surface area contributed by atoms with Crippen LogP contribution in [0.15, 0.2) is 4.52 Å². The molecule has 2 aliphatic rings. The normalized spacial score (nSPS) is 25.5. The quantitative estimate of drug-likeness (QED) is 0.902. The minimum absolute atomic E-state index is 0.0312. The number of piperazine rings is 1. The minimum Gasteiger partial charge on any atom is -0.389 e. The average Bonchev–Trinajstić information content (AvgIpc) is 2.94. The molecule has 1 aliphatic heterocycles. The van der Waals surface area contributed by atoms with Gasteiger partial charge in [0.15, 0.2) is 5.82 Å². The minimum atomic E-state index is -0.810. The van der Waals surface area contributed by atoms with E-state index in [0.717, 1.165) is 38.6 Å². The number of carbonyl (C=O) groups excluding carboxylic acids is 1. The van der Waals surface area contributed by atoms with E-state index in [-0.39, 0.29) is 18.4 Å². The summed E-state index contributed by atoms with van der Waals surface area (Å²) in [4.78, 5) is 20.9. The molecule has 2 heterocycles. The second-order valence-corrected chi connectivity index (χ2v) is 6.98. The smallest absolute Gasteiger partial charge is 0.245 e. The molecule has 7 heteroatoms. The van der Waals surface area contributed by atoms with Crippen molar-refractivity contribution in [3.8, 4) is 0 Å². The summed E-state index contributed by atoms with van der Waals surface area (Å²) in [6, 6.07) is -0.0742. The summed E-state index contributed by atoms with van der Waals surface area (Å²) in [5, 5.41) is 14.5. The predicted octanol–water partition coefficient (Wildman–Crippen LogP) is 1.28. The molecule has 7 nitrogen and oxygen atoms in total. The number of amides is 1. The van der Waals surface area contributed by atoms with Gasteiger partial charge in [-0.05, 0) is 26.8 Å². The van der Waals surface area contributed by atoms with Gasteiger partial charge in [0.05, 0.1) is 12.0 Å². The van der Waals surface area contributed by atoms with Crippen LogP contribution in [0.5, 0.6) is 0 Å². The van der Waals surface area contributed by atoms with E-state index in [9.17, 15) is 9.90 Å². The van der Waals surface area contributed by atoms with Crippen LogP contribution in [0.1, 0.15) is 56.3 Å². The number of aryl methyl sites for hydroxylation is 1. The Morgan fingerprint density at radius 2 is 2.09 bits per heavy atom. The van der Waals surface area contributed by atoms with Crippen LogP contribution in [-0.4, -0.2) is 63.2 Å². The molecule has 0 bridgehead atoms. The first-order valence-electron chi connectivity index (χ1n) is 8.47. The van der Waals surface area contributed by atoms with Crippen molar-refractivity contribution in [2.75, 3.05) is 26.7 Å². The molecule has 1 N–H and O–H groups in total. The van der Waals surface area contributed by atoms with Crippen LogP contribution in [0.2, 0.25) is 0 Å². The van der Waals surface area contributed by atoms with E-state index in [4.69, 9.17) is 4.52 Å². The van der Waals surface area contributed by atoms with E-state index in [1.165, 1.54) is 0 Å². The molecule has 1 aliphatic carbocycles. The van der Waals surface area contributed by atoms with Crippen LogP contribution >= 0.6 is 0 Å². The Hall–Kier alpha value is -1.47. The number of hydrogen-bond donors (Lipinski definition) is 1. The zero-order chi connectivity index (χ0) is 16.4. The summed E-state index contributed by atoms with van der Waals surface area (Å²) >= 11 is 0. The Balaban J connectivity index is 1.64. The molecule has 2 fully saturated rings. The number of rotatable bonds is 3. The number of aromatic nitrogens is 2. The van der Waals surface area contributed by atoms with Gasteiger partial charge in [0, 0.05) is 19.6 Å². The number of nitrogens with zero attached hydrogens (tertiary/aromatic N) is 4. The Morgan fingerprint density at radius 3 is 2.74 bits per heavy atom. The van der Waals surface area contributed by atoms with Crippen LogP contribution < -0.4 is 0 Å². The fourth-order valence-electron chi connectivity index (χ4n) is 3.60. The highest BCUT2D eigenvalue weighted by Gasteiger charge is 2.37. The molecule has 0 spiro atoms. The van der Waals surface area contributed by atoms with Crippen molar-refractivity contribution in [1.82, 2.24) is 19.9 Å². The maximum absolute atomic E-state index is 12.6. The molecule has 0 aromatic carbocycles. The van der Waals surface area contributed by atoms with Crippen molar-refractivity contribution >= 4 is 5.91 Å². The van der Waals surface area contributed by atoms with Crippen LogP contribution in [0.25, 0.3) is 0 Å². The SMILES string of the molecule is Cc1noc(C2CN(C(=O)CC3(O)CCCCC3)CCN2C)n1. The Labute approximate surface area is 136 Å². The molecule has 128 valence electrons. The Morgan fingerprint density at radius 1 is 1.35 bits per heavy atom. The zero-order valence-corrected chi connectivity index (χ0v) is 14.0. The summed E-state index contributed by atoms with van der Waals surface area (Å²) in [6.07, 6.45) is 4.88. The highest BCUT2D eigenvalue weighted by atomic mass is 16.5. The maximum Gasteiger partial charge on any atom is 0.245 e. The van der Waals surface area contributed by atoms with Crippen molar-refractivity contribution in [3.63, 3.8) is 0 Å². The van der Waals surface area contributed by atoms with Gasteiger partial charge < -0.3 is 14.5 Å². The molecule has 1 atom stereocenters. The summed E-state index contributed by atoms with van der Waals surface area (Å²) in [5.41, 5.74) is -0.810. The molecule has 3 rings (SSSR count). The molecule has 23 heavy (non-hydrogen) atoms. The third-order valence-electron chi connectivity index (χ3n) is 5.09. The van der Waals surface area contributed by atoms with Gasteiger partial charge in [-0.1, -0.05) is 24.4 Å². The second-order valence-electron chi connectivity index (χ2n) is 6.98. The van der Waals surface area contributed by atoms with E-state index in [1.54, 1.807) is 6.92 Å². The number of likely N-dealkylation sites (N-methyl/N-ethyl adjacent to an activating group) is 1. The van der Waals surface area contributed by atoms with Crippen LogP contribution in [-0.2, 0) is 4.79 Å². The van der Waals surface area contributed by atoms with Gasteiger partial charge in [-0.25, -0.2) is 0 Å². The van der Waals surface area contributed by atoms with Crippen molar-refractivity contribution in [1.29, 1.82) is 0 Å². The van der Waals surface area contributed by atoms with Gasteiger partial charge in [0.25, 0.3) is 0 Å². The Bertz CT molecular complexity index is 553. The van der Waals surface area contributed by atoms with Gasteiger partial charge in [0.2, 0.25) is 11.8 Å². The lowest BCUT2D eigenvalue weighted by atomic mass is 9.82. The summed E-state index contributed by atoms with van der Waals surface area (Å²) in [7, 11) is 2.00. The van der Waals surface area contributed by atoms with Gasteiger partial charge in [-0.3, -0.25) is 9.69 Å². The molecular weight excluding hydrogens is 296 g/mol. The van der Waals surface area contributed by atoms with Gasteiger partial charge in [-0.15, -0.1) is 0 Å². The van der Waals surface area contributed by atoms with Crippen LogP contribution in [0.4, 0.5) is 0 Å². The molecule has 1 saturated carbocycles. The lowest BCUT2D eigenvalue weighted by Crippen LogP contribution is -2.51. The van der Waals surface area contributed by atoms with E-state index in [2.05, 4.69) is 15.0 Å². The first-order valence-corrected chi connectivity index (χ1v) is 8.47. The lowest BCUT2D eigenvalue weighted by Gasteiger charge is -2.39. The van der Waals surface area contributed by atoms with Crippen molar-refractivity contribution < 1.29 is 14.4 Å². The van der Waals surface area contributed by atoms with Crippen molar-refractivity contribution in [2.45, 2.75) is 57.1 Å². The molecule has 1 unspecified atom stereocenters. The van der Waals surface area contributed by atoms with E-state index in [0.29, 0.717) is 24.8 Å². The summed E-state index contributed by atoms with van der Waals surface area (Å²) in [5.74, 6) is 1.19. The average molecular weight is 322 g/mol. The monoisotopic (exact) mass is 322 g/mol. The highest BCUT2D eigenvalue weighted by Crippen LogP contribution is 2.32. The fraction of sp³-hybridized carbons (Fsp3) is 0.812. The van der Waals surface area contributed by atoms with Crippen LogP contribution in [0.3, 0.4) is 0 Å². The fourth-order valence-corrected chi connectivity index (χ4v) is 3.60. The van der Waals surface area contributed by atoms with E-state index < -0.39 is 5.60 Å². The largest absolute Gasteiger partial charge is 0.389 e. The zero-order valence-electron chi connectivity index (χ0n) is 14.0. The molecule has 1 aromatic heterocycles. The Kier molecular flexibility index (Phi) is 4.68. The molecular formula is C16H26N4O3. The first kappa shape index (κ1) is 16.4. The van der Waals surface area contributed by atoms with Crippen molar-refractivity contribution in [3.05, 3.63) is 11.7 Å². The molecule has 1 saturated heterocycles. The van der Waals surface area contributed by atoms with E-state index in [1.807, 2.05) is 11.9 Å². The van der Waals surface area contributed by atoms with Gasteiger partial charge in [-0.2, -0.15) is 4.98 Å². The number of aliphatic hydroxyl groups is 1. The maximum atomic E-state index is 12.6. The molecule has 1 aromatic rings. The summed E-state index contributed by atoms with van der Waals surface area (Å²) in [6.45, 7) is 3.76. The predicted molar refractivity (Wildman–Crippen MR) is 83.6 cm³/mol. The highest BCUT2D eigenvalue weighted by molar-refractivity contribution is 5.77. The first-order chi connectivity index (χ1) is 11.0. The van der Waals surface area contributed by atoms with Gasteiger partial charge in [0.1, 0.15) is 6.04 Å². The molecule has 1 amide bonds. The summed E-state index contributed by atoms with van der Waals surface area (Å²) < 4.78 is 5.28. The third kappa shape index (κ3) is 3.72. The van der Waals surface area contributed by atoms with Gasteiger partial charge >= 0.3 is 0 Å². The number of hydrogen-bond acceptors (Lipinski definition) is 6. The third-order valence-corrected chi connectivity index (χ3v) is 5.09. The standard InChI is InChI=1S/C16H26N4O3/c1-12-17-15(23-18-12)13-11-20(9-8-19(13)2)14(21)10-16(22)6-4-3-5-7-16/h13,22H,3-11H2,1-2H3. The second kappa shape index (κ2) is 6.57. The number of carbonyl (C=O) groups is 1. The lowest BCUT2D eigenvalue weighted by molar-refractivity contribution is -0.140. The van der Waals surface area contributed by atoms with Crippen molar-refractivity contribution in [2.24, 2.45) is 0 Å². The topological polar surface area (TPSA) is 82.7 Å². The van der Waals surface area contributed by atoms with E-state index >= 15 is 0 Å².